The zero-order chi connectivity index (χ0) is 14.6. The van der Waals surface area contributed by atoms with Crippen molar-refractivity contribution in [3.05, 3.63) is 35.9 Å². The van der Waals surface area contributed by atoms with E-state index in [1.165, 1.54) is 13.1 Å². The van der Waals surface area contributed by atoms with Crippen molar-refractivity contribution in [3.63, 3.8) is 0 Å². The third kappa shape index (κ3) is 3.69. The molecule has 2 rings (SSSR count). The van der Waals surface area contributed by atoms with E-state index in [0.29, 0.717) is 12.3 Å². The third-order valence-electron chi connectivity index (χ3n) is 2.82. The van der Waals surface area contributed by atoms with E-state index in [1.54, 1.807) is 10.7 Å². The Labute approximate surface area is 118 Å². The third-order valence-corrected chi connectivity index (χ3v) is 4.11. The topological polar surface area (TPSA) is 89.2 Å². The van der Waals surface area contributed by atoms with Crippen molar-refractivity contribution in [2.24, 2.45) is 7.05 Å². The lowest BCUT2D eigenvalue weighted by Gasteiger charge is -2.01. The van der Waals surface area contributed by atoms with Crippen LogP contribution >= 0.6 is 0 Å². The first kappa shape index (κ1) is 14.8. The molecule has 0 aliphatic carbocycles. The monoisotopic (exact) mass is 298 g/mol. The van der Waals surface area contributed by atoms with Gasteiger partial charge in [-0.15, -0.1) is 0 Å². The summed E-state index contributed by atoms with van der Waals surface area (Å²) in [6, 6.07) is 3.10. The molecule has 0 saturated carbocycles. The predicted molar refractivity (Wildman–Crippen MR) is 73.6 cm³/mol. The van der Waals surface area contributed by atoms with Crippen LogP contribution in [0.3, 0.4) is 0 Å². The molecule has 0 fully saturated rings. The first-order valence-electron chi connectivity index (χ1n) is 6.22. The van der Waals surface area contributed by atoms with Gasteiger partial charge in [-0.1, -0.05) is 0 Å². The van der Waals surface area contributed by atoms with Gasteiger partial charge in [-0.25, -0.2) is 13.1 Å². The summed E-state index contributed by atoms with van der Waals surface area (Å²) in [5.41, 5.74) is 1.15. The summed E-state index contributed by atoms with van der Waals surface area (Å²) in [5, 5.41) is 7.22. The summed E-state index contributed by atoms with van der Waals surface area (Å²) in [7, 11) is -0.274. The SMILES string of the molecule is CNS(=O)(=O)c1ccc(CNCCc2cnn(C)c2)o1. The lowest BCUT2D eigenvalue weighted by atomic mass is 10.2. The number of aryl methyl sites for hydroxylation is 1. The van der Waals surface area contributed by atoms with Crippen LogP contribution in [0.5, 0.6) is 0 Å². The Kier molecular flexibility index (Phi) is 4.58. The molecule has 0 amide bonds. The number of aromatic nitrogens is 2. The Morgan fingerprint density at radius 3 is 2.85 bits per heavy atom. The van der Waals surface area contributed by atoms with Crippen molar-refractivity contribution in [2.75, 3.05) is 13.6 Å². The van der Waals surface area contributed by atoms with E-state index >= 15 is 0 Å². The Balaban J connectivity index is 1.80. The molecule has 0 saturated heterocycles. The summed E-state index contributed by atoms with van der Waals surface area (Å²) in [6.07, 6.45) is 4.65. The highest BCUT2D eigenvalue weighted by Gasteiger charge is 2.15. The van der Waals surface area contributed by atoms with Crippen molar-refractivity contribution in [2.45, 2.75) is 18.1 Å². The molecular formula is C12H18N4O3S. The van der Waals surface area contributed by atoms with Crippen LogP contribution < -0.4 is 10.0 Å². The van der Waals surface area contributed by atoms with Gasteiger partial charge in [-0.05, 0) is 37.7 Å². The molecule has 0 spiro atoms. The molecule has 2 N–H and O–H groups in total. The summed E-state index contributed by atoms with van der Waals surface area (Å²) in [6.45, 7) is 1.25. The second-order valence-corrected chi connectivity index (χ2v) is 6.19. The van der Waals surface area contributed by atoms with Crippen molar-refractivity contribution < 1.29 is 12.8 Å². The van der Waals surface area contributed by atoms with Gasteiger partial charge in [0.25, 0.3) is 10.0 Å². The minimum Gasteiger partial charge on any atom is -0.447 e. The molecule has 2 heterocycles. The summed E-state index contributed by atoms with van der Waals surface area (Å²) >= 11 is 0. The predicted octanol–water partition coefficient (Wildman–Crippen LogP) is 0.254. The number of nitrogens with one attached hydrogen (secondary N) is 2. The first-order valence-corrected chi connectivity index (χ1v) is 7.70. The standard InChI is InChI=1S/C12H18N4O3S/c1-13-20(17,18)12-4-3-11(19-12)8-14-6-5-10-7-15-16(2)9-10/h3-4,7,9,13-14H,5-6,8H2,1-2H3. The Hall–Kier alpha value is -1.64. The van der Waals surface area contributed by atoms with Gasteiger partial charge in [0.2, 0.25) is 5.09 Å². The molecule has 110 valence electrons. The first-order chi connectivity index (χ1) is 9.51. The Bertz CT molecular complexity index is 660. The Morgan fingerprint density at radius 2 is 2.20 bits per heavy atom. The average molecular weight is 298 g/mol. The van der Waals surface area contributed by atoms with Gasteiger partial charge in [0.05, 0.1) is 12.7 Å². The fraction of sp³-hybridized carbons (Fsp3) is 0.417. The quantitative estimate of drug-likeness (QED) is 0.715. The maximum Gasteiger partial charge on any atom is 0.273 e. The molecule has 2 aromatic heterocycles. The second-order valence-electron chi connectivity index (χ2n) is 4.38. The number of hydrogen-bond donors (Lipinski definition) is 2. The van der Waals surface area contributed by atoms with Crippen LogP contribution in [0.2, 0.25) is 0 Å². The van der Waals surface area contributed by atoms with Gasteiger partial charge in [0, 0.05) is 13.2 Å². The van der Waals surface area contributed by atoms with Crippen LogP contribution in [0.1, 0.15) is 11.3 Å². The zero-order valence-electron chi connectivity index (χ0n) is 11.5. The second kappa shape index (κ2) is 6.21. The minimum atomic E-state index is -3.50. The molecule has 0 radical (unpaired) electrons. The normalized spacial score (nSPS) is 11.9. The molecule has 0 aliphatic rings. The van der Waals surface area contributed by atoms with E-state index in [1.807, 2.05) is 19.4 Å². The van der Waals surface area contributed by atoms with Gasteiger partial charge in [0.1, 0.15) is 5.76 Å². The summed E-state index contributed by atoms with van der Waals surface area (Å²) in [5.74, 6) is 0.588. The van der Waals surface area contributed by atoms with Gasteiger partial charge >= 0.3 is 0 Å². The molecule has 0 atom stereocenters. The van der Waals surface area contributed by atoms with Gasteiger partial charge < -0.3 is 9.73 Å². The van der Waals surface area contributed by atoms with E-state index in [4.69, 9.17) is 4.42 Å². The van der Waals surface area contributed by atoms with Crippen LogP contribution in [-0.2, 0) is 30.0 Å². The number of rotatable bonds is 7. The molecule has 7 nitrogen and oxygen atoms in total. The van der Waals surface area contributed by atoms with Crippen molar-refractivity contribution in [1.29, 1.82) is 0 Å². The van der Waals surface area contributed by atoms with Crippen molar-refractivity contribution in [1.82, 2.24) is 19.8 Å². The van der Waals surface area contributed by atoms with Crippen molar-refractivity contribution >= 4 is 10.0 Å². The van der Waals surface area contributed by atoms with E-state index in [-0.39, 0.29) is 5.09 Å². The van der Waals surface area contributed by atoms with E-state index in [2.05, 4.69) is 15.1 Å². The molecule has 0 aromatic carbocycles. The minimum absolute atomic E-state index is 0.0657. The lowest BCUT2D eigenvalue weighted by Crippen LogP contribution is -2.18. The van der Waals surface area contributed by atoms with E-state index in [0.717, 1.165) is 18.5 Å². The van der Waals surface area contributed by atoms with Crippen LogP contribution in [0.15, 0.2) is 34.0 Å². The smallest absolute Gasteiger partial charge is 0.273 e. The molecule has 20 heavy (non-hydrogen) atoms. The summed E-state index contributed by atoms with van der Waals surface area (Å²) in [4.78, 5) is 0. The molecule has 8 heteroatoms. The highest BCUT2D eigenvalue weighted by Crippen LogP contribution is 2.13. The largest absolute Gasteiger partial charge is 0.447 e. The van der Waals surface area contributed by atoms with Gasteiger partial charge in [-0.2, -0.15) is 5.10 Å². The molecule has 0 aliphatic heterocycles. The fourth-order valence-corrected chi connectivity index (χ4v) is 2.41. The molecule has 0 bridgehead atoms. The highest BCUT2D eigenvalue weighted by molar-refractivity contribution is 7.89. The fourth-order valence-electron chi connectivity index (χ4n) is 1.74. The van der Waals surface area contributed by atoms with Crippen LogP contribution in [0.25, 0.3) is 0 Å². The van der Waals surface area contributed by atoms with Crippen molar-refractivity contribution in [3.8, 4) is 0 Å². The number of hydrogen-bond acceptors (Lipinski definition) is 5. The molecule has 2 aromatic rings. The highest BCUT2D eigenvalue weighted by atomic mass is 32.2. The number of sulfonamides is 1. The lowest BCUT2D eigenvalue weighted by molar-refractivity contribution is 0.401. The van der Waals surface area contributed by atoms with Crippen LogP contribution in [0.4, 0.5) is 0 Å². The Morgan fingerprint density at radius 1 is 1.40 bits per heavy atom. The van der Waals surface area contributed by atoms with Crippen LogP contribution in [0, 0.1) is 0 Å². The van der Waals surface area contributed by atoms with E-state index < -0.39 is 10.0 Å². The van der Waals surface area contributed by atoms with Crippen LogP contribution in [-0.4, -0.2) is 31.8 Å². The maximum atomic E-state index is 11.5. The average Bonchev–Trinajstić information content (AvgIpc) is 3.04. The zero-order valence-corrected chi connectivity index (χ0v) is 12.3. The van der Waals surface area contributed by atoms with E-state index in [9.17, 15) is 8.42 Å². The summed E-state index contributed by atoms with van der Waals surface area (Å²) < 4.78 is 32.2. The molecular weight excluding hydrogens is 280 g/mol. The number of furan rings is 1. The van der Waals surface area contributed by atoms with Gasteiger partial charge in [0.15, 0.2) is 0 Å². The number of nitrogens with zero attached hydrogens (tertiary/aromatic N) is 2. The van der Waals surface area contributed by atoms with Gasteiger partial charge in [-0.3, -0.25) is 4.68 Å². The maximum absolute atomic E-state index is 11.5. The molecule has 0 unspecified atom stereocenters.